The predicted octanol–water partition coefficient (Wildman–Crippen LogP) is 2.33. The lowest BCUT2D eigenvalue weighted by Crippen LogP contribution is -2.09. The maximum Gasteiger partial charge on any atom is 0.311 e. The van der Waals surface area contributed by atoms with Crippen molar-refractivity contribution in [3.63, 3.8) is 0 Å². The molecule has 0 saturated heterocycles. The molecule has 0 amide bonds. The summed E-state index contributed by atoms with van der Waals surface area (Å²) in [5.41, 5.74) is 1.98. The van der Waals surface area contributed by atoms with Crippen molar-refractivity contribution in [2.24, 2.45) is 0 Å². The van der Waals surface area contributed by atoms with Crippen LogP contribution >= 0.6 is 0 Å². The van der Waals surface area contributed by atoms with Crippen LogP contribution in [0.15, 0.2) is 24.3 Å². The van der Waals surface area contributed by atoms with Gasteiger partial charge in [0.25, 0.3) is 0 Å². The number of rotatable bonds is 4. The second-order valence-corrected chi connectivity index (χ2v) is 4.86. The molecule has 0 spiro atoms. The summed E-state index contributed by atoms with van der Waals surface area (Å²) < 4.78 is 1.61. The largest absolute Gasteiger partial charge is 0.481 e. The van der Waals surface area contributed by atoms with Gasteiger partial charge in [0.2, 0.25) is 0 Å². The number of carboxylic acid groups (broad SMARTS) is 1. The van der Waals surface area contributed by atoms with Gasteiger partial charge in [-0.05, 0) is 19.1 Å². The van der Waals surface area contributed by atoms with Crippen LogP contribution in [0.4, 0.5) is 0 Å². The number of carboxylic acids is 1. The van der Waals surface area contributed by atoms with E-state index in [4.69, 9.17) is 5.11 Å². The van der Waals surface area contributed by atoms with Crippen molar-refractivity contribution in [2.75, 3.05) is 0 Å². The second kappa shape index (κ2) is 5.22. The molecule has 5 nitrogen and oxygen atoms in total. The molecule has 0 saturated carbocycles. The van der Waals surface area contributed by atoms with Crippen molar-refractivity contribution < 1.29 is 9.90 Å². The van der Waals surface area contributed by atoms with Gasteiger partial charge in [0.1, 0.15) is 12.2 Å². The molecule has 0 unspecified atom stereocenters. The van der Waals surface area contributed by atoms with Crippen molar-refractivity contribution in [1.82, 2.24) is 14.8 Å². The highest BCUT2D eigenvalue weighted by molar-refractivity contribution is 5.69. The SMILES string of the molecule is Cc1ccc(-n2nc(C(C)C)nc2CC(=O)O)cc1. The third kappa shape index (κ3) is 2.99. The van der Waals surface area contributed by atoms with Gasteiger partial charge in [-0.15, -0.1) is 0 Å². The lowest BCUT2D eigenvalue weighted by Gasteiger charge is -2.04. The molecule has 0 bridgehead atoms. The summed E-state index contributed by atoms with van der Waals surface area (Å²) in [6.45, 7) is 5.97. The zero-order chi connectivity index (χ0) is 14.0. The van der Waals surface area contributed by atoms with Crippen molar-refractivity contribution in [1.29, 1.82) is 0 Å². The van der Waals surface area contributed by atoms with Crippen LogP contribution in [0.1, 0.15) is 37.0 Å². The Morgan fingerprint density at radius 1 is 1.32 bits per heavy atom. The van der Waals surface area contributed by atoms with Gasteiger partial charge in [-0.2, -0.15) is 5.10 Å². The van der Waals surface area contributed by atoms with E-state index in [9.17, 15) is 4.79 Å². The van der Waals surface area contributed by atoms with Gasteiger partial charge < -0.3 is 5.11 Å². The number of hydrogen-bond donors (Lipinski definition) is 1. The van der Waals surface area contributed by atoms with E-state index in [2.05, 4.69) is 10.1 Å². The number of benzene rings is 1. The van der Waals surface area contributed by atoms with E-state index in [1.54, 1.807) is 4.68 Å². The molecule has 1 aromatic carbocycles. The molecule has 2 aromatic rings. The van der Waals surface area contributed by atoms with Crippen LogP contribution in [0, 0.1) is 6.92 Å². The molecule has 0 aliphatic carbocycles. The fraction of sp³-hybridized carbons (Fsp3) is 0.357. The first-order valence-corrected chi connectivity index (χ1v) is 6.22. The molecule has 100 valence electrons. The Balaban J connectivity index is 2.47. The van der Waals surface area contributed by atoms with E-state index in [0.717, 1.165) is 11.3 Å². The molecule has 0 atom stereocenters. The summed E-state index contributed by atoms with van der Waals surface area (Å²) in [5.74, 6) is 0.382. The number of aryl methyl sites for hydroxylation is 1. The summed E-state index contributed by atoms with van der Waals surface area (Å²) in [4.78, 5) is 15.2. The zero-order valence-electron chi connectivity index (χ0n) is 11.3. The standard InChI is InChI=1S/C14H17N3O2/c1-9(2)14-15-12(8-13(18)19)17(16-14)11-6-4-10(3)5-7-11/h4-7,9H,8H2,1-3H3,(H,18,19). The average Bonchev–Trinajstić information content (AvgIpc) is 2.73. The van der Waals surface area contributed by atoms with Crippen LogP contribution in [0.25, 0.3) is 5.69 Å². The van der Waals surface area contributed by atoms with Gasteiger partial charge in [0.05, 0.1) is 5.69 Å². The third-order valence-electron chi connectivity index (χ3n) is 2.79. The van der Waals surface area contributed by atoms with E-state index in [1.165, 1.54) is 0 Å². The average molecular weight is 259 g/mol. The van der Waals surface area contributed by atoms with Gasteiger partial charge >= 0.3 is 5.97 Å². The molecule has 2 rings (SSSR count). The van der Waals surface area contributed by atoms with E-state index < -0.39 is 5.97 Å². The lowest BCUT2D eigenvalue weighted by atomic mass is 10.2. The van der Waals surface area contributed by atoms with Gasteiger partial charge in [0, 0.05) is 5.92 Å². The first-order chi connectivity index (χ1) is 8.97. The second-order valence-electron chi connectivity index (χ2n) is 4.86. The van der Waals surface area contributed by atoms with Crippen LogP contribution in [0.5, 0.6) is 0 Å². The molecule has 5 heteroatoms. The third-order valence-corrected chi connectivity index (χ3v) is 2.79. The molecule has 1 aromatic heterocycles. The van der Waals surface area contributed by atoms with Gasteiger partial charge in [-0.25, -0.2) is 9.67 Å². The Labute approximate surface area is 111 Å². The highest BCUT2D eigenvalue weighted by Crippen LogP contribution is 2.16. The summed E-state index contributed by atoms with van der Waals surface area (Å²) >= 11 is 0. The molecule has 0 fully saturated rings. The number of carbonyl (C=O) groups is 1. The lowest BCUT2D eigenvalue weighted by molar-refractivity contribution is -0.136. The number of nitrogens with zero attached hydrogens (tertiary/aromatic N) is 3. The van der Waals surface area contributed by atoms with Crippen LogP contribution in [0.2, 0.25) is 0 Å². The maximum atomic E-state index is 10.9. The summed E-state index contributed by atoms with van der Waals surface area (Å²) in [5, 5.41) is 13.4. The van der Waals surface area contributed by atoms with Crippen LogP contribution in [-0.2, 0) is 11.2 Å². The predicted molar refractivity (Wildman–Crippen MR) is 71.5 cm³/mol. The van der Waals surface area contributed by atoms with E-state index in [-0.39, 0.29) is 12.3 Å². The zero-order valence-corrected chi connectivity index (χ0v) is 11.3. The minimum Gasteiger partial charge on any atom is -0.481 e. The smallest absolute Gasteiger partial charge is 0.311 e. The summed E-state index contributed by atoms with van der Waals surface area (Å²) in [6, 6.07) is 7.77. The van der Waals surface area contributed by atoms with Crippen LogP contribution in [0.3, 0.4) is 0 Å². The number of aromatic nitrogens is 3. The minimum absolute atomic E-state index is 0.131. The van der Waals surface area contributed by atoms with Crippen molar-refractivity contribution in [3.05, 3.63) is 41.5 Å². The molecule has 0 aliphatic heterocycles. The fourth-order valence-electron chi connectivity index (χ4n) is 1.75. The van der Waals surface area contributed by atoms with Crippen LogP contribution < -0.4 is 0 Å². The Kier molecular flexibility index (Phi) is 3.64. The first-order valence-electron chi connectivity index (χ1n) is 6.22. The van der Waals surface area contributed by atoms with Crippen LogP contribution in [-0.4, -0.2) is 25.8 Å². The highest BCUT2D eigenvalue weighted by Gasteiger charge is 2.16. The monoisotopic (exact) mass is 259 g/mol. The minimum atomic E-state index is -0.906. The Morgan fingerprint density at radius 2 is 1.95 bits per heavy atom. The highest BCUT2D eigenvalue weighted by atomic mass is 16.4. The normalized spacial score (nSPS) is 10.9. The molecule has 0 aliphatic rings. The van der Waals surface area contributed by atoms with E-state index >= 15 is 0 Å². The maximum absolute atomic E-state index is 10.9. The van der Waals surface area contributed by atoms with E-state index in [1.807, 2.05) is 45.0 Å². The Hall–Kier alpha value is -2.17. The molecular formula is C14H17N3O2. The van der Waals surface area contributed by atoms with Gasteiger partial charge in [0.15, 0.2) is 5.82 Å². The molecule has 19 heavy (non-hydrogen) atoms. The number of aliphatic carboxylic acids is 1. The summed E-state index contributed by atoms with van der Waals surface area (Å²) in [7, 11) is 0. The van der Waals surface area contributed by atoms with Gasteiger partial charge in [-0.3, -0.25) is 4.79 Å². The van der Waals surface area contributed by atoms with E-state index in [0.29, 0.717) is 11.6 Å². The van der Waals surface area contributed by atoms with Crippen molar-refractivity contribution in [2.45, 2.75) is 33.1 Å². The molecule has 0 radical (unpaired) electrons. The summed E-state index contributed by atoms with van der Waals surface area (Å²) in [6.07, 6.45) is -0.131. The molecular weight excluding hydrogens is 242 g/mol. The molecule has 1 N–H and O–H groups in total. The van der Waals surface area contributed by atoms with Gasteiger partial charge in [-0.1, -0.05) is 31.5 Å². The fourth-order valence-corrected chi connectivity index (χ4v) is 1.75. The van der Waals surface area contributed by atoms with Crippen molar-refractivity contribution >= 4 is 5.97 Å². The Morgan fingerprint density at radius 3 is 2.47 bits per heavy atom. The Bertz CT molecular complexity index is 585. The van der Waals surface area contributed by atoms with Crippen molar-refractivity contribution in [3.8, 4) is 5.69 Å². The number of hydrogen-bond acceptors (Lipinski definition) is 3. The first kappa shape index (κ1) is 13.3. The molecule has 1 heterocycles. The quantitative estimate of drug-likeness (QED) is 0.915. The topological polar surface area (TPSA) is 68.0 Å².